The van der Waals surface area contributed by atoms with Crippen LogP contribution in [0.3, 0.4) is 0 Å². The molecule has 0 atom stereocenters. The molecule has 2 N–H and O–H groups in total. The third-order valence-corrected chi connectivity index (χ3v) is 2.97. The first-order chi connectivity index (χ1) is 5.04. The Balaban J connectivity index is 2.55. The third kappa shape index (κ3) is 1.73. The van der Waals surface area contributed by atoms with E-state index in [-0.39, 0.29) is 11.3 Å². The number of carbonyl (C=O) groups excluding carboxylic acids is 1. The van der Waals surface area contributed by atoms with Crippen molar-refractivity contribution in [2.45, 2.75) is 39.5 Å². The number of amides is 1. The van der Waals surface area contributed by atoms with Crippen molar-refractivity contribution in [3.05, 3.63) is 0 Å². The van der Waals surface area contributed by atoms with Crippen LogP contribution in [-0.2, 0) is 4.79 Å². The lowest BCUT2D eigenvalue weighted by Gasteiger charge is -2.33. The second kappa shape index (κ2) is 2.84. The van der Waals surface area contributed by atoms with Crippen LogP contribution in [0.2, 0.25) is 0 Å². The topological polar surface area (TPSA) is 43.1 Å². The Hall–Kier alpha value is -0.530. The van der Waals surface area contributed by atoms with Gasteiger partial charge in [0.25, 0.3) is 0 Å². The minimum atomic E-state index is -0.202. The highest BCUT2D eigenvalue weighted by molar-refractivity contribution is 5.80. The van der Waals surface area contributed by atoms with Crippen LogP contribution in [-0.4, -0.2) is 5.91 Å². The second-order valence-corrected chi connectivity index (χ2v) is 4.11. The van der Waals surface area contributed by atoms with E-state index in [1.807, 2.05) is 6.92 Å². The Bertz CT molecular complexity index is 157. The van der Waals surface area contributed by atoms with Crippen LogP contribution in [0, 0.1) is 11.3 Å². The lowest BCUT2D eigenvalue weighted by Crippen LogP contribution is -2.37. The van der Waals surface area contributed by atoms with Crippen LogP contribution in [0.25, 0.3) is 0 Å². The maximum absolute atomic E-state index is 11.0. The minimum absolute atomic E-state index is 0.121. The average molecular weight is 155 g/mol. The van der Waals surface area contributed by atoms with Gasteiger partial charge in [-0.15, -0.1) is 0 Å². The molecule has 0 heterocycles. The maximum Gasteiger partial charge on any atom is 0.223 e. The molecule has 0 aliphatic heterocycles. The maximum atomic E-state index is 11.0. The molecular formula is C9H17NO. The molecule has 1 fully saturated rings. The average Bonchev–Trinajstić information content (AvgIpc) is 1.95. The van der Waals surface area contributed by atoms with Gasteiger partial charge in [-0.2, -0.15) is 0 Å². The molecule has 0 aromatic rings. The third-order valence-electron chi connectivity index (χ3n) is 2.97. The molecule has 2 nitrogen and oxygen atoms in total. The highest BCUT2D eigenvalue weighted by atomic mass is 16.1. The van der Waals surface area contributed by atoms with Crippen molar-refractivity contribution in [2.75, 3.05) is 0 Å². The fourth-order valence-electron chi connectivity index (χ4n) is 1.65. The smallest absolute Gasteiger partial charge is 0.223 e. The van der Waals surface area contributed by atoms with Gasteiger partial charge in [0.1, 0.15) is 0 Å². The molecule has 2 heteroatoms. The highest BCUT2D eigenvalue weighted by Crippen LogP contribution is 2.37. The lowest BCUT2D eigenvalue weighted by molar-refractivity contribution is -0.128. The molecule has 0 radical (unpaired) electrons. The molecule has 0 spiro atoms. The monoisotopic (exact) mass is 155 g/mol. The summed E-state index contributed by atoms with van der Waals surface area (Å²) in [6.07, 6.45) is 4.26. The summed E-state index contributed by atoms with van der Waals surface area (Å²) in [5.74, 6) is 0.659. The number of hydrogen-bond donors (Lipinski definition) is 1. The number of nitrogens with two attached hydrogens (primary N) is 1. The van der Waals surface area contributed by atoms with Gasteiger partial charge in [-0.3, -0.25) is 4.79 Å². The normalized spacial score (nSPS) is 38.5. The van der Waals surface area contributed by atoms with Gasteiger partial charge in [0.05, 0.1) is 0 Å². The number of primary amides is 1. The zero-order chi connectivity index (χ0) is 8.48. The van der Waals surface area contributed by atoms with Crippen LogP contribution in [0.5, 0.6) is 0 Å². The molecule has 1 amide bonds. The zero-order valence-corrected chi connectivity index (χ0v) is 7.39. The Kier molecular flexibility index (Phi) is 2.21. The summed E-state index contributed by atoms with van der Waals surface area (Å²) < 4.78 is 0. The van der Waals surface area contributed by atoms with Crippen LogP contribution in [0.1, 0.15) is 39.5 Å². The lowest BCUT2D eigenvalue weighted by atomic mass is 9.72. The molecule has 0 saturated heterocycles. The minimum Gasteiger partial charge on any atom is -0.369 e. The molecule has 0 aromatic heterocycles. The summed E-state index contributed by atoms with van der Waals surface area (Å²) >= 11 is 0. The molecular weight excluding hydrogens is 138 g/mol. The first-order valence-corrected chi connectivity index (χ1v) is 4.34. The molecule has 1 rings (SSSR count). The SMILES string of the molecule is C[C@H]1CC[C@@](C)(C(N)=O)CC1. The van der Waals surface area contributed by atoms with Gasteiger partial charge in [0.2, 0.25) is 5.91 Å². The van der Waals surface area contributed by atoms with E-state index in [1.54, 1.807) is 0 Å². The Morgan fingerprint density at radius 3 is 2.27 bits per heavy atom. The summed E-state index contributed by atoms with van der Waals surface area (Å²) in [6.45, 7) is 4.22. The fourth-order valence-corrected chi connectivity index (χ4v) is 1.65. The van der Waals surface area contributed by atoms with Gasteiger partial charge in [0, 0.05) is 5.41 Å². The molecule has 0 aromatic carbocycles. The van der Waals surface area contributed by atoms with Gasteiger partial charge < -0.3 is 5.73 Å². The largest absolute Gasteiger partial charge is 0.369 e. The summed E-state index contributed by atoms with van der Waals surface area (Å²) in [7, 11) is 0. The van der Waals surface area contributed by atoms with E-state index in [9.17, 15) is 4.79 Å². The number of rotatable bonds is 1. The van der Waals surface area contributed by atoms with Crippen molar-refractivity contribution in [3.8, 4) is 0 Å². The van der Waals surface area contributed by atoms with E-state index in [0.717, 1.165) is 31.6 Å². The van der Waals surface area contributed by atoms with Crippen molar-refractivity contribution >= 4 is 5.91 Å². The summed E-state index contributed by atoms with van der Waals surface area (Å²) in [4.78, 5) is 11.0. The first-order valence-electron chi connectivity index (χ1n) is 4.34. The van der Waals surface area contributed by atoms with Crippen molar-refractivity contribution in [1.29, 1.82) is 0 Å². The Morgan fingerprint density at radius 2 is 1.91 bits per heavy atom. The van der Waals surface area contributed by atoms with Gasteiger partial charge in [0.15, 0.2) is 0 Å². The zero-order valence-electron chi connectivity index (χ0n) is 7.39. The van der Waals surface area contributed by atoms with Gasteiger partial charge in [-0.05, 0) is 31.6 Å². The quantitative estimate of drug-likeness (QED) is 0.615. The van der Waals surface area contributed by atoms with E-state index < -0.39 is 0 Å². The molecule has 64 valence electrons. The molecule has 1 aliphatic carbocycles. The summed E-state index contributed by atoms with van der Waals surface area (Å²) in [5, 5.41) is 0. The predicted octanol–water partition coefficient (Wildman–Crippen LogP) is 1.69. The van der Waals surface area contributed by atoms with Gasteiger partial charge in [-0.25, -0.2) is 0 Å². The van der Waals surface area contributed by atoms with E-state index in [4.69, 9.17) is 5.73 Å². The van der Waals surface area contributed by atoms with Crippen molar-refractivity contribution < 1.29 is 4.79 Å². The molecule has 11 heavy (non-hydrogen) atoms. The summed E-state index contributed by atoms with van der Waals surface area (Å²) in [6, 6.07) is 0. The standard InChI is InChI=1S/C9H17NO/c1-7-3-5-9(2,6-4-7)8(10)11/h7H,3-6H2,1-2H3,(H2,10,11)/t7-,9+. The molecule has 1 saturated carbocycles. The number of hydrogen-bond acceptors (Lipinski definition) is 1. The van der Waals surface area contributed by atoms with Crippen molar-refractivity contribution in [1.82, 2.24) is 0 Å². The van der Waals surface area contributed by atoms with E-state index in [1.165, 1.54) is 0 Å². The number of carbonyl (C=O) groups is 1. The van der Waals surface area contributed by atoms with E-state index in [0.29, 0.717) is 0 Å². The Morgan fingerprint density at radius 1 is 1.45 bits per heavy atom. The van der Waals surface area contributed by atoms with Crippen molar-refractivity contribution in [3.63, 3.8) is 0 Å². The Labute approximate surface area is 68.2 Å². The van der Waals surface area contributed by atoms with Gasteiger partial charge in [-0.1, -0.05) is 13.8 Å². The van der Waals surface area contributed by atoms with Crippen LogP contribution in [0.4, 0.5) is 0 Å². The molecule has 0 unspecified atom stereocenters. The summed E-state index contributed by atoms with van der Waals surface area (Å²) in [5.41, 5.74) is 5.11. The van der Waals surface area contributed by atoms with Crippen LogP contribution in [0.15, 0.2) is 0 Å². The highest BCUT2D eigenvalue weighted by Gasteiger charge is 2.34. The van der Waals surface area contributed by atoms with Gasteiger partial charge >= 0.3 is 0 Å². The van der Waals surface area contributed by atoms with E-state index >= 15 is 0 Å². The van der Waals surface area contributed by atoms with E-state index in [2.05, 4.69) is 6.92 Å². The second-order valence-electron chi connectivity index (χ2n) is 4.11. The predicted molar refractivity (Wildman–Crippen MR) is 44.9 cm³/mol. The first kappa shape index (κ1) is 8.57. The fraction of sp³-hybridized carbons (Fsp3) is 0.889. The molecule has 0 bridgehead atoms. The van der Waals surface area contributed by atoms with Crippen molar-refractivity contribution in [2.24, 2.45) is 17.1 Å². The molecule has 1 aliphatic rings. The van der Waals surface area contributed by atoms with Crippen LogP contribution >= 0.6 is 0 Å². The van der Waals surface area contributed by atoms with Crippen LogP contribution < -0.4 is 5.73 Å².